The monoisotopic (exact) mass is 1210 g/mol. The van der Waals surface area contributed by atoms with Gasteiger partial charge in [0.25, 0.3) is 0 Å². The number of fused-ring (bicyclic) bond motifs is 8. The fraction of sp³-hybridized carbons (Fsp3) is 0. The van der Waals surface area contributed by atoms with Crippen molar-refractivity contribution in [1.29, 1.82) is 0 Å². The molecule has 2 aliphatic heterocycles. The Hall–Kier alpha value is -11.0. The molecule has 7 aromatic heterocycles. The first kappa shape index (κ1) is 56.1. The van der Waals surface area contributed by atoms with Gasteiger partial charge in [-0.2, -0.15) is 0 Å². The topological polar surface area (TPSA) is 109 Å². The minimum Gasteiger partial charge on any atom is -0.354 e. The van der Waals surface area contributed by atoms with Gasteiger partial charge in [0, 0.05) is 69.1 Å². The average molecular weight is 1210 g/mol. The van der Waals surface area contributed by atoms with Gasteiger partial charge in [-0.1, -0.05) is 24.3 Å². The van der Waals surface area contributed by atoms with E-state index >= 15 is 70.2 Å². The zero-order valence-electron chi connectivity index (χ0n) is 43.6. The predicted molar refractivity (Wildman–Crippen MR) is 293 cm³/mol. The molecule has 11 aromatic rings. The van der Waals surface area contributed by atoms with E-state index in [1.165, 1.54) is 48.5 Å². The standard InChI is InChI=1S/C64H26F16N8/c65-49-41(25-9-1-5-21-81-25)50(66)58(74)45(57(49)73)37-29-13-15-31(85-29)38(46-59(75)51(67)42(52(68)60(46)76)26-10-2-6-22-82-26)33-17-19-35(87-33)40(48-63(79)55(71)44(56(72)64(48)80)28-12-4-8-24-84-28)36-20-18-34(88-36)39(32-16-14-30(37)86-32)47-61(77)53(69)43(54(70)62(47)78)27-11-3-7-23-83-27/h1-24,85,88H. The van der Waals surface area contributed by atoms with Gasteiger partial charge in [-0.25, -0.2) is 80.2 Å². The second-order valence-corrected chi connectivity index (χ2v) is 19.4. The van der Waals surface area contributed by atoms with Crippen LogP contribution in [-0.4, -0.2) is 39.9 Å². The highest BCUT2D eigenvalue weighted by atomic mass is 19.2. The van der Waals surface area contributed by atoms with E-state index < -0.39 is 227 Å². The molecule has 8 nitrogen and oxygen atoms in total. The Labute approximate surface area is 482 Å². The third-order valence-electron chi connectivity index (χ3n) is 14.5. The number of hydrogen-bond acceptors (Lipinski definition) is 6. The summed E-state index contributed by atoms with van der Waals surface area (Å²) in [7, 11) is 0. The van der Waals surface area contributed by atoms with Crippen molar-refractivity contribution in [2.75, 3.05) is 0 Å². The summed E-state index contributed by atoms with van der Waals surface area (Å²) in [6.45, 7) is 0. The second-order valence-electron chi connectivity index (χ2n) is 19.4. The van der Waals surface area contributed by atoms with Crippen LogP contribution in [0.2, 0.25) is 0 Å². The van der Waals surface area contributed by atoms with Crippen molar-refractivity contribution >= 4 is 46.4 Å². The molecule has 0 unspecified atom stereocenters. The van der Waals surface area contributed by atoms with E-state index in [1.54, 1.807) is 0 Å². The van der Waals surface area contributed by atoms with E-state index in [0.717, 1.165) is 97.6 Å². The van der Waals surface area contributed by atoms with Crippen LogP contribution in [0.4, 0.5) is 70.2 Å². The van der Waals surface area contributed by atoms with Crippen LogP contribution < -0.4 is 0 Å². The number of pyridine rings is 4. The Balaban J connectivity index is 1.23. The molecule has 88 heavy (non-hydrogen) atoms. The van der Waals surface area contributed by atoms with Gasteiger partial charge >= 0.3 is 0 Å². The lowest BCUT2D eigenvalue weighted by atomic mass is 9.97. The highest BCUT2D eigenvalue weighted by molar-refractivity contribution is 6.01. The highest BCUT2D eigenvalue weighted by Crippen LogP contribution is 2.47. The lowest BCUT2D eigenvalue weighted by Gasteiger charge is -2.14. The van der Waals surface area contributed by atoms with Crippen LogP contribution in [0.5, 0.6) is 0 Å². The molecule has 0 spiro atoms. The Kier molecular flexibility index (Phi) is 13.7. The molecule has 2 aliphatic rings. The van der Waals surface area contributed by atoms with Crippen molar-refractivity contribution < 1.29 is 70.2 Å². The summed E-state index contributed by atoms with van der Waals surface area (Å²) in [5, 5.41) is 0. The average Bonchev–Trinajstić information content (AvgIpc) is 1.54. The van der Waals surface area contributed by atoms with E-state index in [4.69, 9.17) is 0 Å². The van der Waals surface area contributed by atoms with Crippen LogP contribution in [0.15, 0.2) is 122 Å². The molecule has 0 amide bonds. The van der Waals surface area contributed by atoms with Gasteiger partial charge in [0.05, 0.1) is 90.1 Å². The van der Waals surface area contributed by atoms with E-state index in [2.05, 4.69) is 39.9 Å². The molecule has 0 atom stereocenters. The lowest BCUT2D eigenvalue weighted by Crippen LogP contribution is -2.06. The lowest BCUT2D eigenvalue weighted by molar-refractivity contribution is 0.462. The van der Waals surface area contributed by atoms with Crippen LogP contribution in [0.1, 0.15) is 22.8 Å². The first-order valence-corrected chi connectivity index (χ1v) is 25.6. The smallest absolute Gasteiger partial charge is 0.172 e. The zero-order valence-corrected chi connectivity index (χ0v) is 43.6. The molecule has 13 rings (SSSR count). The minimum atomic E-state index is -2.16. The Bertz CT molecular complexity index is 4300. The van der Waals surface area contributed by atoms with Crippen molar-refractivity contribution in [2.24, 2.45) is 0 Å². The van der Waals surface area contributed by atoms with Crippen molar-refractivity contribution in [3.05, 3.63) is 238 Å². The summed E-state index contributed by atoms with van der Waals surface area (Å²) in [5.74, 6) is -33.7. The number of aromatic amines is 2. The third-order valence-corrected chi connectivity index (χ3v) is 14.5. The fourth-order valence-corrected chi connectivity index (χ4v) is 10.6. The van der Waals surface area contributed by atoms with E-state index in [9.17, 15) is 0 Å². The van der Waals surface area contributed by atoms with Crippen LogP contribution in [-0.2, 0) is 0 Å². The Morgan fingerprint density at radius 2 is 0.386 bits per heavy atom. The number of nitrogens with one attached hydrogen (secondary N) is 2. The second kappa shape index (κ2) is 21.5. The molecule has 2 N–H and O–H groups in total. The Morgan fingerprint density at radius 3 is 0.557 bits per heavy atom. The van der Waals surface area contributed by atoms with Crippen molar-refractivity contribution in [3.63, 3.8) is 0 Å². The van der Waals surface area contributed by atoms with E-state index in [0.29, 0.717) is 0 Å². The number of H-pyrrole nitrogens is 2. The van der Waals surface area contributed by atoms with Crippen LogP contribution >= 0.6 is 0 Å². The fourth-order valence-electron chi connectivity index (χ4n) is 10.6. The molecule has 8 bridgehead atoms. The quantitative estimate of drug-likeness (QED) is 0.116. The van der Waals surface area contributed by atoms with Crippen molar-refractivity contribution in [2.45, 2.75) is 0 Å². The van der Waals surface area contributed by atoms with Gasteiger partial charge < -0.3 is 9.97 Å². The summed E-state index contributed by atoms with van der Waals surface area (Å²) >= 11 is 0. The number of aromatic nitrogens is 8. The number of halogens is 16. The molecule has 0 radical (unpaired) electrons. The maximum absolute atomic E-state index is 17.1. The van der Waals surface area contributed by atoms with Gasteiger partial charge in [-0.05, 0) is 97.1 Å². The predicted octanol–water partition coefficient (Wildman–Crippen LogP) is 17.8. The molecule has 9 heterocycles. The molecule has 434 valence electrons. The highest BCUT2D eigenvalue weighted by Gasteiger charge is 2.36. The molecular weight excluding hydrogens is 1180 g/mol. The zero-order chi connectivity index (χ0) is 61.7. The van der Waals surface area contributed by atoms with Crippen molar-refractivity contribution in [1.82, 2.24) is 39.9 Å². The molecule has 24 heteroatoms. The van der Waals surface area contributed by atoms with Gasteiger partial charge in [0.2, 0.25) is 0 Å². The summed E-state index contributed by atoms with van der Waals surface area (Å²) in [5.41, 5.74) is -24.5. The minimum absolute atomic E-state index is 0.607. The molecule has 0 saturated heterocycles. The normalized spacial score (nSPS) is 12.0. The third kappa shape index (κ3) is 8.71. The summed E-state index contributed by atoms with van der Waals surface area (Å²) in [4.78, 5) is 29.0. The molecule has 4 aromatic carbocycles. The molecule has 0 saturated carbocycles. The molecule has 0 fully saturated rings. The summed E-state index contributed by atoms with van der Waals surface area (Å²) in [6, 6.07) is 17.7. The SMILES string of the molecule is Fc1c(F)c(-c2c3nc(c(-c4c(F)c(F)c(-c5ccccn5)c(F)c4F)c4ccc([nH]4)c(-c4c(F)c(F)c(-c5ccccn5)c(F)c4F)c4nc(c(-c5c(F)c(F)c(-c6ccccn6)c(F)c5F)c5ccc2[nH]5)C=C4)C=C3)c(F)c(F)c1-c1ccccn1. The number of nitrogens with zero attached hydrogens (tertiary/aromatic N) is 6. The van der Waals surface area contributed by atoms with Crippen LogP contribution in [0.25, 0.3) is 136 Å². The first-order valence-electron chi connectivity index (χ1n) is 25.6. The maximum Gasteiger partial charge on any atom is 0.172 e. The van der Waals surface area contributed by atoms with E-state index in [1.807, 2.05) is 0 Å². The van der Waals surface area contributed by atoms with E-state index in [-0.39, 0.29) is 0 Å². The first-order chi connectivity index (χ1) is 42.4. The van der Waals surface area contributed by atoms with Gasteiger partial charge in [0.1, 0.15) is 0 Å². The number of hydrogen-bond donors (Lipinski definition) is 2. The molecule has 0 aliphatic carbocycles. The maximum atomic E-state index is 17.1. The van der Waals surface area contributed by atoms with Crippen LogP contribution in [0, 0.1) is 93.1 Å². The van der Waals surface area contributed by atoms with Gasteiger partial charge in [-0.15, -0.1) is 0 Å². The van der Waals surface area contributed by atoms with Gasteiger partial charge in [0.15, 0.2) is 93.1 Å². The van der Waals surface area contributed by atoms with Crippen molar-refractivity contribution in [3.8, 4) is 89.5 Å². The largest absolute Gasteiger partial charge is 0.354 e. The number of benzene rings is 4. The van der Waals surface area contributed by atoms with Gasteiger partial charge in [-0.3, -0.25) is 19.9 Å². The number of rotatable bonds is 8. The summed E-state index contributed by atoms with van der Waals surface area (Å²) < 4.78 is 270. The summed E-state index contributed by atoms with van der Waals surface area (Å²) in [6.07, 6.45) is 7.49. The molecular formula is C64H26F16N8. The van der Waals surface area contributed by atoms with Crippen LogP contribution in [0.3, 0.4) is 0 Å². The Morgan fingerprint density at radius 1 is 0.205 bits per heavy atom.